The number of hydrogen-bond acceptors (Lipinski definition) is 5. The smallest absolute Gasteiger partial charge is 0.408 e. The maximum Gasteiger partial charge on any atom is 0.408 e. The normalized spacial score (nSPS) is 16.5. The maximum absolute atomic E-state index is 12.5. The zero-order valence-electron chi connectivity index (χ0n) is 16.7. The molecule has 28 heavy (non-hydrogen) atoms. The van der Waals surface area contributed by atoms with Crippen LogP contribution in [0.4, 0.5) is 10.5 Å². The van der Waals surface area contributed by atoms with E-state index in [0.29, 0.717) is 5.56 Å². The van der Waals surface area contributed by atoms with Gasteiger partial charge in [-0.15, -0.1) is 0 Å². The predicted molar refractivity (Wildman–Crippen MR) is 105 cm³/mol. The summed E-state index contributed by atoms with van der Waals surface area (Å²) in [4.78, 5) is 35.1. The SMILES string of the molecule is CC(C)(C)OC(=O)NC1(CNC(=O)c2ccc([N+](=O)[O-])cc2)CCCCCC1. The van der Waals surface area contributed by atoms with Gasteiger partial charge in [0, 0.05) is 24.2 Å². The highest BCUT2D eigenvalue weighted by Crippen LogP contribution is 2.27. The predicted octanol–water partition coefficient (Wildman–Crippen LogP) is 3.94. The van der Waals surface area contributed by atoms with E-state index in [1.54, 1.807) is 0 Å². The Labute approximate surface area is 165 Å². The van der Waals surface area contributed by atoms with Crippen molar-refractivity contribution in [2.45, 2.75) is 70.4 Å². The van der Waals surface area contributed by atoms with E-state index in [2.05, 4.69) is 10.6 Å². The van der Waals surface area contributed by atoms with Crippen LogP contribution in [-0.4, -0.2) is 34.6 Å². The number of hydrogen-bond donors (Lipinski definition) is 2. The van der Waals surface area contributed by atoms with Gasteiger partial charge in [-0.2, -0.15) is 0 Å². The molecule has 1 fully saturated rings. The molecule has 0 spiro atoms. The van der Waals surface area contributed by atoms with Gasteiger partial charge in [0.2, 0.25) is 0 Å². The lowest BCUT2D eigenvalue weighted by Crippen LogP contribution is -2.56. The highest BCUT2D eigenvalue weighted by Gasteiger charge is 2.34. The number of alkyl carbamates (subject to hydrolysis) is 1. The molecular formula is C20H29N3O5. The molecule has 0 saturated heterocycles. The molecule has 0 unspecified atom stereocenters. The molecule has 0 bridgehead atoms. The lowest BCUT2D eigenvalue weighted by Gasteiger charge is -2.35. The molecule has 0 radical (unpaired) electrons. The Hall–Kier alpha value is -2.64. The van der Waals surface area contributed by atoms with Gasteiger partial charge in [-0.1, -0.05) is 25.7 Å². The molecule has 2 N–H and O–H groups in total. The number of nitrogens with zero attached hydrogens (tertiary/aromatic N) is 1. The molecule has 1 aromatic carbocycles. The van der Waals surface area contributed by atoms with Crippen molar-refractivity contribution in [3.63, 3.8) is 0 Å². The Kier molecular flexibility index (Phi) is 6.99. The molecule has 0 heterocycles. The molecule has 0 atom stereocenters. The van der Waals surface area contributed by atoms with Crippen LogP contribution in [0.3, 0.4) is 0 Å². The van der Waals surface area contributed by atoms with Crippen LogP contribution in [0.15, 0.2) is 24.3 Å². The van der Waals surface area contributed by atoms with Crippen molar-refractivity contribution in [2.24, 2.45) is 0 Å². The largest absolute Gasteiger partial charge is 0.444 e. The van der Waals surface area contributed by atoms with Crippen LogP contribution >= 0.6 is 0 Å². The molecule has 1 saturated carbocycles. The molecule has 1 aliphatic carbocycles. The first-order chi connectivity index (χ1) is 13.1. The summed E-state index contributed by atoms with van der Waals surface area (Å²) < 4.78 is 5.41. The molecule has 154 valence electrons. The average molecular weight is 391 g/mol. The van der Waals surface area contributed by atoms with Crippen LogP contribution in [-0.2, 0) is 4.74 Å². The van der Waals surface area contributed by atoms with Crippen molar-refractivity contribution in [2.75, 3.05) is 6.54 Å². The molecule has 8 heteroatoms. The van der Waals surface area contributed by atoms with Crippen molar-refractivity contribution in [3.05, 3.63) is 39.9 Å². The number of benzene rings is 1. The highest BCUT2D eigenvalue weighted by atomic mass is 16.6. The lowest BCUT2D eigenvalue weighted by molar-refractivity contribution is -0.384. The summed E-state index contributed by atoms with van der Waals surface area (Å²) in [6, 6.07) is 5.45. The Bertz CT molecular complexity index is 702. The van der Waals surface area contributed by atoms with Crippen LogP contribution in [0.25, 0.3) is 0 Å². The van der Waals surface area contributed by atoms with Gasteiger partial charge in [0.05, 0.1) is 10.5 Å². The summed E-state index contributed by atoms with van der Waals surface area (Å²) in [5.74, 6) is -0.329. The second kappa shape index (κ2) is 9.03. The molecule has 1 aromatic rings. The second-order valence-electron chi connectivity index (χ2n) is 8.31. The van der Waals surface area contributed by atoms with Gasteiger partial charge in [0.25, 0.3) is 11.6 Å². The van der Waals surface area contributed by atoms with E-state index in [1.807, 2.05) is 20.8 Å². The minimum Gasteiger partial charge on any atom is -0.444 e. The molecule has 0 aromatic heterocycles. The van der Waals surface area contributed by atoms with Crippen molar-refractivity contribution < 1.29 is 19.2 Å². The molecular weight excluding hydrogens is 362 g/mol. The average Bonchev–Trinajstić information content (AvgIpc) is 2.84. The minimum atomic E-state index is -0.599. The fourth-order valence-corrected chi connectivity index (χ4v) is 3.36. The lowest BCUT2D eigenvalue weighted by atomic mass is 9.90. The van der Waals surface area contributed by atoms with E-state index in [0.717, 1.165) is 38.5 Å². The number of rotatable bonds is 5. The Balaban J connectivity index is 2.06. The fourth-order valence-electron chi connectivity index (χ4n) is 3.36. The van der Waals surface area contributed by atoms with Crippen LogP contribution < -0.4 is 10.6 Å². The molecule has 2 rings (SSSR count). The Morgan fingerprint density at radius 3 is 2.18 bits per heavy atom. The van der Waals surface area contributed by atoms with Gasteiger partial charge in [-0.3, -0.25) is 14.9 Å². The Morgan fingerprint density at radius 1 is 1.11 bits per heavy atom. The van der Waals surface area contributed by atoms with Crippen molar-refractivity contribution >= 4 is 17.7 Å². The number of nitro groups is 1. The topological polar surface area (TPSA) is 111 Å². The van der Waals surface area contributed by atoms with E-state index < -0.39 is 22.2 Å². The fraction of sp³-hybridized carbons (Fsp3) is 0.600. The number of nitrogens with one attached hydrogen (secondary N) is 2. The minimum absolute atomic E-state index is 0.0663. The van der Waals surface area contributed by atoms with Gasteiger partial charge in [0.15, 0.2) is 0 Å². The van der Waals surface area contributed by atoms with Gasteiger partial charge in [-0.25, -0.2) is 4.79 Å². The zero-order chi connectivity index (χ0) is 20.8. The van der Waals surface area contributed by atoms with Crippen LogP contribution in [0.5, 0.6) is 0 Å². The van der Waals surface area contributed by atoms with Crippen LogP contribution in [0, 0.1) is 10.1 Å². The van der Waals surface area contributed by atoms with Crippen molar-refractivity contribution in [1.82, 2.24) is 10.6 Å². The van der Waals surface area contributed by atoms with Gasteiger partial charge in [-0.05, 0) is 45.7 Å². The third kappa shape index (κ3) is 6.51. The van der Waals surface area contributed by atoms with E-state index in [1.165, 1.54) is 24.3 Å². The van der Waals surface area contributed by atoms with Crippen molar-refractivity contribution in [1.29, 1.82) is 0 Å². The zero-order valence-corrected chi connectivity index (χ0v) is 16.7. The van der Waals surface area contributed by atoms with Crippen molar-refractivity contribution in [3.8, 4) is 0 Å². The maximum atomic E-state index is 12.5. The van der Waals surface area contributed by atoms with E-state index in [-0.39, 0.29) is 18.1 Å². The number of non-ortho nitro benzene ring substituents is 1. The van der Waals surface area contributed by atoms with Gasteiger partial charge in [0.1, 0.15) is 5.60 Å². The summed E-state index contributed by atoms with van der Waals surface area (Å²) in [5.41, 5.74) is -0.886. The first-order valence-corrected chi connectivity index (χ1v) is 9.64. The summed E-state index contributed by atoms with van der Waals surface area (Å²) in [7, 11) is 0. The monoisotopic (exact) mass is 391 g/mol. The van der Waals surface area contributed by atoms with E-state index in [4.69, 9.17) is 4.74 Å². The standard InChI is InChI=1S/C20H29N3O5/c1-19(2,3)28-18(25)22-20(12-6-4-5-7-13-20)14-21-17(24)15-8-10-16(11-9-15)23(26)27/h8-11H,4-7,12-14H2,1-3H3,(H,21,24)(H,22,25). The second-order valence-corrected chi connectivity index (χ2v) is 8.31. The molecule has 1 aliphatic rings. The summed E-state index contributed by atoms with van der Waals surface area (Å²) in [5, 5.41) is 16.6. The number of amides is 2. The number of nitro benzene ring substituents is 1. The van der Waals surface area contributed by atoms with Crippen LogP contribution in [0.2, 0.25) is 0 Å². The van der Waals surface area contributed by atoms with E-state index >= 15 is 0 Å². The molecule has 2 amide bonds. The number of carbonyl (C=O) groups is 2. The van der Waals surface area contributed by atoms with Gasteiger partial charge >= 0.3 is 6.09 Å². The Morgan fingerprint density at radius 2 is 1.68 bits per heavy atom. The first kappa shape index (κ1) is 21.7. The molecule has 0 aliphatic heterocycles. The third-order valence-electron chi connectivity index (χ3n) is 4.75. The highest BCUT2D eigenvalue weighted by molar-refractivity contribution is 5.94. The van der Waals surface area contributed by atoms with Crippen LogP contribution in [0.1, 0.15) is 69.7 Å². The number of carbonyl (C=O) groups excluding carboxylic acids is 2. The summed E-state index contributed by atoms with van der Waals surface area (Å²) >= 11 is 0. The van der Waals surface area contributed by atoms with Gasteiger partial charge < -0.3 is 15.4 Å². The van der Waals surface area contributed by atoms with E-state index in [9.17, 15) is 19.7 Å². The number of ether oxygens (including phenoxy) is 1. The summed E-state index contributed by atoms with van der Waals surface area (Å²) in [6.45, 7) is 5.70. The first-order valence-electron chi connectivity index (χ1n) is 9.64. The molecule has 8 nitrogen and oxygen atoms in total. The third-order valence-corrected chi connectivity index (χ3v) is 4.75. The summed E-state index contributed by atoms with van der Waals surface area (Å²) in [6.07, 6.45) is 5.13. The quantitative estimate of drug-likeness (QED) is 0.449.